The monoisotopic (exact) mass is 440 g/mol. The van der Waals surface area contributed by atoms with Gasteiger partial charge in [-0.1, -0.05) is 43.3 Å². The van der Waals surface area contributed by atoms with E-state index in [0.717, 1.165) is 6.07 Å². The highest BCUT2D eigenvalue weighted by Crippen LogP contribution is 2.38. The van der Waals surface area contributed by atoms with Gasteiger partial charge in [-0.25, -0.2) is 9.97 Å². The van der Waals surface area contributed by atoms with E-state index < -0.39 is 30.1 Å². The van der Waals surface area contributed by atoms with Crippen LogP contribution in [0.4, 0.5) is 26.3 Å². The Morgan fingerprint density at radius 1 is 0.774 bits per heavy atom. The third-order valence-electron chi connectivity index (χ3n) is 4.80. The van der Waals surface area contributed by atoms with E-state index in [1.54, 1.807) is 25.1 Å². The Morgan fingerprint density at radius 3 is 2.00 bits per heavy atom. The molecule has 1 heterocycles. The van der Waals surface area contributed by atoms with E-state index >= 15 is 0 Å². The minimum atomic E-state index is -4.87. The smallest absolute Gasteiger partial charge is 0.406 e. The van der Waals surface area contributed by atoms with Crippen LogP contribution in [-0.2, 0) is 18.3 Å². The lowest BCUT2D eigenvalue weighted by Crippen LogP contribution is -2.28. The molecule has 0 saturated heterocycles. The molecule has 0 amide bonds. The largest absolute Gasteiger partial charge is 0.573 e. The van der Waals surface area contributed by atoms with Gasteiger partial charge >= 0.3 is 12.5 Å². The summed E-state index contributed by atoms with van der Waals surface area (Å²) < 4.78 is 80.9. The van der Waals surface area contributed by atoms with E-state index in [2.05, 4.69) is 14.7 Å². The van der Waals surface area contributed by atoms with Crippen molar-refractivity contribution < 1.29 is 31.1 Å². The molecule has 3 nitrogen and oxygen atoms in total. The van der Waals surface area contributed by atoms with Crippen LogP contribution in [0.2, 0.25) is 0 Å². The van der Waals surface area contributed by atoms with Crippen molar-refractivity contribution in [3.63, 3.8) is 0 Å². The third kappa shape index (κ3) is 6.19. The molecule has 164 valence electrons. The van der Waals surface area contributed by atoms with Crippen LogP contribution in [0, 0.1) is 0 Å². The predicted molar refractivity (Wildman–Crippen MR) is 102 cm³/mol. The van der Waals surface area contributed by atoms with Crippen molar-refractivity contribution >= 4 is 0 Å². The lowest BCUT2D eigenvalue weighted by atomic mass is 9.73. The van der Waals surface area contributed by atoms with Crippen molar-refractivity contribution in [2.75, 3.05) is 0 Å². The topological polar surface area (TPSA) is 35.0 Å². The molecule has 1 aromatic heterocycles. The summed E-state index contributed by atoms with van der Waals surface area (Å²) >= 11 is 0. The summed E-state index contributed by atoms with van der Waals surface area (Å²) in [4.78, 5) is 8.35. The second kappa shape index (κ2) is 8.56. The zero-order chi connectivity index (χ0) is 22.7. The zero-order valence-electron chi connectivity index (χ0n) is 16.3. The van der Waals surface area contributed by atoms with Crippen LogP contribution < -0.4 is 4.74 Å². The number of rotatable bonds is 6. The average Bonchev–Trinajstić information content (AvgIpc) is 2.66. The summed E-state index contributed by atoms with van der Waals surface area (Å²) in [6.07, 6.45) is -7.19. The molecule has 9 heteroatoms. The van der Waals surface area contributed by atoms with Gasteiger partial charge in [0.15, 0.2) is 0 Å². The van der Waals surface area contributed by atoms with Crippen LogP contribution in [0.5, 0.6) is 5.75 Å². The first-order chi connectivity index (χ1) is 14.4. The molecule has 3 aromatic rings. The fraction of sp³-hybridized carbons (Fsp3) is 0.273. The predicted octanol–water partition coefficient (Wildman–Crippen LogP) is 6.03. The van der Waals surface area contributed by atoms with Crippen molar-refractivity contribution in [2.45, 2.75) is 37.7 Å². The molecular formula is C22H18F6N2O. The van der Waals surface area contributed by atoms with Gasteiger partial charge < -0.3 is 4.74 Å². The van der Waals surface area contributed by atoms with Gasteiger partial charge in [0.2, 0.25) is 0 Å². The van der Waals surface area contributed by atoms with Crippen LogP contribution in [0.3, 0.4) is 0 Å². The Morgan fingerprint density at radius 2 is 1.39 bits per heavy atom. The molecule has 1 atom stereocenters. The third-order valence-corrected chi connectivity index (χ3v) is 4.80. The van der Waals surface area contributed by atoms with E-state index in [1.807, 2.05) is 0 Å². The molecule has 31 heavy (non-hydrogen) atoms. The number of halogens is 6. The SMILES string of the molecule is CC(Cc1ncccn1)(c1cccc(CC(F)(F)F)c1)c1cccc(OC(F)(F)F)c1. The van der Waals surface area contributed by atoms with Gasteiger partial charge in [0.05, 0.1) is 6.42 Å². The maximum Gasteiger partial charge on any atom is 0.573 e. The van der Waals surface area contributed by atoms with Crippen LogP contribution in [0.1, 0.15) is 29.4 Å². The van der Waals surface area contributed by atoms with E-state index in [0.29, 0.717) is 17.0 Å². The number of hydrogen-bond acceptors (Lipinski definition) is 3. The van der Waals surface area contributed by atoms with Crippen molar-refractivity contribution in [3.05, 3.63) is 89.5 Å². The first kappa shape index (κ1) is 22.6. The number of ether oxygens (including phenoxy) is 1. The summed E-state index contributed by atoms with van der Waals surface area (Å²) in [6, 6.07) is 12.9. The van der Waals surface area contributed by atoms with Gasteiger partial charge in [-0.2, -0.15) is 13.2 Å². The molecular weight excluding hydrogens is 422 g/mol. The fourth-order valence-corrected chi connectivity index (χ4v) is 3.40. The first-order valence-electron chi connectivity index (χ1n) is 9.23. The summed E-state index contributed by atoms with van der Waals surface area (Å²) in [7, 11) is 0. The fourth-order valence-electron chi connectivity index (χ4n) is 3.40. The minimum Gasteiger partial charge on any atom is -0.406 e. The summed E-state index contributed by atoms with van der Waals surface area (Å²) in [5, 5.41) is 0. The van der Waals surface area contributed by atoms with E-state index in [4.69, 9.17) is 0 Å². The molecule has 0 aliphatic rings. The van der Waals surface area contributed by atoms with Crippen LogP contribution in [0.25, 0.3) is 0 Å². The van der Waals surface area contributed by atoms with Gasteiger partial charge in [0.1, 0.15) is 11.6 Å². The van der Waals surface area contributed by atoms with Gasteiger partial charge in [-0.3, -0.25) is 0 Å². The Labute approximate surface area is 174 Å². The van der Waals surface area contributed by atoms with Gasteiger partial charge in [0, 0.05) is 24.2 Å². The quantitative estimate of drug-likeness (QED) is 0.439. The molecule has 0 saturated carbocycles. The van der Waals surface area contributed by atoms with Crippen LogP contribution >= 0.6 is 0 Å². The highest BCUT2D eigenvalue weighted by atomic mass is 19.4. The molecule has 0 fully saturated rings. The standard InChI is InChI=1S/C22H18F6N2O/c1-20(14-19-29-9-4-10-30-19,16-6-2-5-15(11-16)13-21(23,24)25)17-7-3-8-18(12-17)31-22(26,27)28/h2-12H,13-14H2,1H3. The number of alkyl halides is 6. The summed E-state index contributed by atoms with van der Waals surface area (Å²) in [6.45, 7) is 1.72. The molecule has 1 unspecified atom stereocenters. The van der Waals surface area contributed by atoms with Crippen LogP contribution in [-0.4, -0.2) is 22.5 Å². The number of nitrogens with zero attached hydrogens (tertiary/aromatic N) is 2. The highest BCUT2D eigenvalue weighted by Gasteiger charge is 2.35. The minimum absolute atomic E-state index is 0.0490. The molecule has 0 aliphatic heterocycles. The Hall–Kier alpha value is -3.10. The normalized spacial score (nSPS) is 14.2. The maximum absolute atomic E-state index is 12.9. The molecule has 0 N–H and O–H groups in total. The lowest BCUT2D eigenvalue weighted by Gasteiger charge is -2.31. The molecule has 2 aromatic carbocycles. The summed E-state index contributed by atoms with van der Waals surface area (Å²) in [5.41, 5.74) is -0.0573. The number of hydrogen-bond donors (Lipinski definition) is 0. The van der Waals surface area contributed by atoms with E-state index in [9.17, 15) is 26.3 Å². The van der Waals surface area contributed by atoms with Gasteiger partial charge in [0.25, 0.3) is 0 Å². The Bertz CT molecular complexity index is 959. The Kier molecular flexibility index (Phi) is 6.24. The maximum atomic E-state index is 12.9. The molecule has 0 bridgehead atoms. The van der Waals surface area contributed by atoms with E-state index in [-0.39, 0.29) is 12.0 Å². The van der Waals surface area contributed by atoms with Gasteiger partial charge in [-0.15, -0.1) is 13.2 Å². The van der Waals surface area contributed by atoms with E-state index in [1.165, 1.54) is 42.7 Å². The van der Waals surface area contributed by atoms with Crippen molar-refractivity contribution in [3.8, 4) is 5.75 Å². The second-order valence-electron chi connectivity index (χ2n) is 7.24. The van der Waals surface area contributed by atoms with Crippen molar-refractivity contribution in [1.82, 2.24) is 9.97 Å². The average molecular weight is 440 g/mol. The van der Waals surface area contributed by atoms with Crippen molar-refractivity contribution in [1.29, 1.82) is 0 Å². The summed E-state index contributed by atoms with van der Waals surface area (Å²) in [5.74, 6) is -0.0231. The Balaban J connectivity index is 2.09. The number of aromatic nitrogens is 2. The highest BCUT2D eigenvalue weighted by molar-refractivity contribution is 5.44. The first-order valence-corrected chi connectivity index (χ1v) is 9.23. The molecule has 0 radical (unpaired) electrons. The van der Waals surface area contributed by atoms with Crippen LogP contribution in [0.15, 0.2) is 67.0 Å². The lowest BCUT2D eigenvalue weighted by molar-refractivity contribution is -0.274. The zero-order valence-corrected chi connectivity index (χ0v) is 16.3. The van der Waals surface area contributed by atoms with Gasteiger partial charge in [-0.05, 0) is 34.9 Å². The molecule has 3 rings (SSSR count). The molecule has 0 aliphatic carbocycles. The molecule has 0 spiro atoms. The van der Waals surface area contributed by atoms with Crippen molar-refractivity contribution in [2.24, 2.45) is 0 Å². The second-order valence-corrected chi connectivity index (χ2v) is 7.24. The number of benzene rings is 2.